The molecule has 1 aromatic rings. The Morgan fingerprint density at radius 2 is 2.00 bits per heavy atom. The van der Waals surface area contributed by atoms with Crippen LogP contribution in [-0.4, -0.2) is 45.7 Å². The van der Waals surface area contributed by atoms with E-state index in [2.05, 4.69) is 5.32 Å². The van der Waals surface area contributed by atoms with Crippen LogP contribution in [-0.2, 0) is 14.3 Å². The predicted octanol–water partition coefficient (Wildman–Crippen LogP) is 1.79. The fourth-order valence-electron chi connectivity index (χ4n) is 2.93. The van der Waals surface area contributed by atoms with Crippen molar-refractivity contribution in [3.05, 3.63) is 28.3 Å². The molecule has 0 spiro atoms. The number of nitrogens with one attached hydrogen (secondary N) is 1. The second-order valence-electron chi connectivity index (χ2n) is 6.03. The number of aryl methyl sites for hydroxylation is 1. The van der Waals surface area contributed by atoms with E-state index in [1.165, 1.54) is 0 Å². The van der Waals surface area contributed by atoms with Crippen LogP contribution in [0.4, 0.5) is 5.69 Å². The summed E-state index contributed by atoms with van der Waals surface area (Å²) in [7, 11) is 1.70. The van der Waals surface area contributed by atoms with Crippen LogP contribution in [0, 0.1) is 26.7 Å². The Bertz CT molecular complexity index is 575. The summed E-state index contributed by atoms with van der Waals surface area (Å²) in [5, 5.41) is 3.29. The van der Waals surface area contributed by atoms with E-state index >= 15 is 0 Å². The van der Waals surface area contributed by atoms with Gasteiger partial charge in [0.05, 0.1) is 18.3 Å². The third kappa shape index (κ3) is 4.55. The lowest BCUT2D eigenvalue weighted by molar-refractivity contribution is -0.0980. The number of esters is 1. The summed E-state index contributed by atoms with van der Waals surface area (Å²) >= 11 is 0. The van der Waals surface area contributed by atoms with Crippen LogP contribution in [0.15, 0.2) is 6.07 Å². The summed E-state index contributed by atoms with van der Waals surface area (Å²) in [6.45, 7) is 9.87. The third-order valence-electron chi connectivity index (χ3n) is 4.67. The van der Waals surface area contributed by atoms with Gasteiger partial charge in [-0.3, -0.25) is 0 Å². The maximum atomic E-state index is 12.4. The molecule has 1 aromatic carbocycles. The minimum atomic E-state index is -0.280. The number of methoxy groups -OCH3 is 1. The second-order valence-corrected chi connectivity index (χ2v) is 6.03. The number of carbonyl (C=O) groups is 2. The number of hydrogen-bond acceptors (Lipinski definition) is 6. The molecule has 0 aromatic heterocycles. The van der Waals surface area contributed by atoms with E-state index in [1.54, 1.807) is 7.11 Å². The highest BCUT2D eigenvalue weighted by Crippen LogP contribution is 2.25. The molecule has 2 rings (SSSR count). The van der Waals surface area contributed by atoms with Crippen molar-refractivity contribution in [1.29, 1.82) is 0 Å². The maximum Gasteiger partial charge on any atom is 0.338 e. The number of benzene rings is 1. The summed E-state index contributed by atoms with van der Waals surface area (Å²) in [6.07, 6.45) is 1.04. The first-order valence-corrected chi connectivity index (χ1v) is 8.01. The zero-order valence-electron chi connectivity index (χ0n) is 15.0. The molecular formula is C18H28N2O4. The molecule has 0 bridgehead atoms. The van der Waals surface area contributed by atoms with E-state index in [4.69, 9.17) is 20.0 Å². The van der Waals surface area contributed by atoms with E-state index in [0.717, 1.165) is 41.9 Å². The highest BCUT2D eigenvalue weighted by Gasteiger charge is 2.26. The Kier molecular flexibility index (Phi) is 7.88. The molecule has 0 radical (unpaired) electrons. The van der Waals surface area contributed by atoms with Crippen LogP contribution in [0.25, 0.3) is 0 Å². The van der Waals surface area contributed by atoms with Crippen molar-refractivity contribution in [3.63, 3.8) is 0 Å². The van der Waals surface area contributed by atoms with Crippen LogP contribution in [0.2, 0.25) is 0 Å². The van der Waals surface area contributed by atoms with Crippen LogP contribution >= 0.6 is 0 Å². The Labute approximate surface area is 143 Å². The third-order valence-corrected chi connectivity index (χ3v) is 4.67. The summed E-state index contributed by atoms with van der Waals surface area (Å²) in [5.74, 6) is -0.0384. The number of nitrogen functional groups attached to an aromatic ring is 1. The first-order chi connectivity index (χ1) is 11.5. The molecule has 134 valence electrons. The number of ether oxygens (including phenoxy) is 2. The summed E-state index contributed by atoms with van der Waals surface area (Å²) in [6, 6.07) is 1.82. The predicted molar refractivity (Wildman–Crippen MR) is 94.2 cm³/mol. The van der Waals surface area contributed by atoms with Crippen molar-refractivity contribution in [2.45, 2.75) is 33.3 Å². The first kappa shape index (κ1) is 20.1. The molecule has 1 aliphatic rings. The van der Waals surface area contributed by atoms with Crippen LogP contribution in [0.1, 0.15) is 33.5 Å². The molecule has 0 aliphatic carbocycles. The van der Waals surface area contributed by atoms with Gasteiger partial charge in [0, 0.05) is 25.3 Å². The smallest absolute Gasteiger partial charge is 0.338 e. The number of piperidine rings is 1. The van der Waals surface area contributed by atoms with Gasteiger partial charge in [-0.1, -0.05) is 0 Å². The molecule has 0 saturated carbocycles. The van der Waals surface area contributed by atoms with E-state index in [0.29, 0.717) is 12.2 Å². The van der Waals surface area contributed by atoms with Crippen molar-refractivity contribution in [2.24, 2.45) is 5.92 Å². The van der Waals surface area contributed by atoms with Gasteiger partial charge in [-0.05, 0) is 56.5 Å². The Morgan fingerprint density at radius 3 is 2.62 bits per heavy atom. The molecule has 1 saturated heterocycles. The van der Waals surface area contributed by atoms with E-state index in [-0.39, 0.29) is 18.0 Å². The molecule has 2 atom stereocenters. The highest BCUT2D eigenvalue weighted by molar-refractivity contribution is 5.92. The lowest BCUT2D eigenvalue weighted by atomic mass is 9.95. The molecule has 0 amide bonds. The standard InChI is InChI=1S/C17H26N2O3.CH2O/c1-10-7-14(11(2)12(3)16(10)18)17(20)22-9-13-5-6-19-8-15(13)21-4;1-2/h7,13,15,19H,5-6,8-9,18H2,1-4H3;1H2. The number of anilines is 1. The Hall–Kier alpha value is -1.92. The van der Waals surface area contributed by atoms with Crippen LogP contribution in [0.3, 0.4) is 0 Å². The normalized spacial score (nSPS) is 20.0. The maximum absolute atomic E-state index is 12.4. The molecule has 6 nitrogen and oxygen atoms in total. The van der Waals surface area contributed by atoms with Gasteiger partial charge in [0.25, 0.3) is 0 Å². The van der Waals surface area contributed by atoms with Gasteiger partial charge < -0.3 is 25.3 Å². The fourth-order valence-corrected chi connectivity index (χ4v) is 2.93. The van der Waals surface area contributed by atoms with E-state index in [9.17, 15) is 4.79 Å². The first-order valence-electron chi connectivity index (χ1n) is 8.01. The van der Waals surface area contributed by atoms with Crippen LogP contribution in [0.5, 0.6) is 0 Å². The van der Waals surface area contributed by atoms with Crippen molar-refractivity contribution in [1.82, 2.24) is 5.32 Å². The lowest BCUT2D eigenvalue weighted by Gasteiger charge is -2.30. The average Bonchev–Trinajstić information content (AvgIpc) is 2.62. The topological polar surface area (TPSA) is 90.6 Å². The van der Waals surface area contributed by atoms with Gasteiger partial charge in [-0.15, -0.1) is 0 Å². The number of hydrogen-bond donors (Lipinski definition) is 2. The van der Waals surface area contributed by atoms with Gasteiger partial charge in [0.2, 0.25) is 0 Å². The molecule has 3 N–H and O–H groups in total. The molecular weight excluding hydrogens is 308 g/mol. The van der Waals surface area contributed by atoms with Crippen molar-refractivity contribution >= 4 is 18.4 Å². The molecule has 6 heteroatoms. The zero-order chi connectivity index (χ0) is 18.3. The van der Waals surface area contributed by atoms with Gasteiger partial charge in [-0.2, -0.15) is 0 Å². The Balaban J connectivity index is 0.00000139. The summed E-state index contributed by atoms with van der Waals surface area (Å²) in [4.78, 5) is 20.4. The van der Waals surface area contributed by atoms with Gasteiger partial charge in [0.15, 0.2) is 0 Å². The van der Waals surface area contributed by atoms with Gasteiger partial charge >= 0.3 is 5.97 Å². The number of rotatable bonds is 4. The van der Waals surface area contributed by atoms with Crippen molar-refractivity contribution in [2.75, 3.05) is 32.5 Å². The molecule has 24 heavy (non-hydrogen) atoms. The molecule has 2 unspecified atom stereocenters. The summed E-state index contributed by atoms with van der Waals surface area (Å²) in [5.41, 5.74) is 10.1. The fraction of sp³-hybridized carbons (Fsp3) is 0.556. The van der Waals surface area contributed by atoms with E-state index < -0.39 is 0 Å². The minimum Gasteiger partial charge on any atom is -0.462 e. The summed E-state index contributed by atoms with van der Waals surface area (Å²) < 4.78 is 11.0. The largest absolute Gasteiger partial charge is 0.462 e. The monoisotopic (exact) mass is 336 g/mol. The van der Waals surface area contributed by atoms with Gasteiger partial charge in [-0.25, -0.2) is 4.79 Å². The number of nitrogens with two attached hydrogens (primary N) is 1. The highest BCUT2D eigenvalue weighted by atomic mass is 16.5. The van der Waals surface area contributed by atoms with Crippen molar-refractivity contribution < 1.29 is 19.1 Å². The molecule has 1 aliphatic heterocycles. The lowest BCUT2D eigenvalue weighted by Crippen LogP contribution is -2.43. The minimum absolute atomic E-state index is 0.0949. The zero-order valence-corrected chi connectivity index (χ0v) is 15.0. The van der Waals surface area contributed by atoms with Crippen molar-refractivity contribution in [3.8, 4) is 0 Å². The van der Waals surface area contributed by atoms with Gasteiger partial charge in [0.1, 0.15) is 6.79 Å². The average molecular weight is 336 g/mol. The van der Waals surface area contributed by atoms with Crippen LogP contribution < -0.4 is 11.1 Å². The second kappa shape index (κ2) is 9.39. The number of carbonyl (C=O) groups excluding carboxylic acids is 2. The quantitative estimate of drug-likeness (QED) is 0.643. The molecule has 1 heterocycles. The Morgan fingerprint density at radius 1 is 1.33 bits per heavy atom. The van der Waals surface area contributed by atoms with E-state index in [1.807, 2.05) is 33.6 Å². The molecule has 1 fully saturated rings. The SMILES string of the molecule is C=O.COC1CNCCC1COC(=O)c1cc(C)c(N)c(C)c1C.